The third-order valence-corrected chi connectivity index (χ3v) is 6.18. The Bertz CT molecular complexity index is 643. The highest BCUT2D eigenvalue weighted by atomic mass is 32.2. The first-order valence-corrected chi connectivity index (χ1v) is 9.84. The van der Waals surface area contributed by atoms with Crippen LogP contribution in [-0.4, -0.2) is 55.5 Å². The van der Waals surface area contributed by atoms with Gasteiger partial charge in [0.15, 0.2) is 0 Å². The second kappa shape index (κ2) is 7.93. The molecule has 1 aliphatic rings. The number of amides is 1. The summed E-state index contributed by atoms with van der Waals surface area (Å²) in [6.45, 7) is 5.90. The second-order valence-electron chi connectivity index (χ2n) is 6.12. The van der Waals surface area contributed by atoms with E-state index in [4.69, 9.17) is 0 Å². The number of sulfonamides is 1. The minimum atomic E-state index is -3.17. The number of hydrogen-bond donors (Lipinski definition) is 0. The first-order valence-electron chi connectivity index (χ1n) is 8.23. The average molecular weight is 338 g/mol. The van der Waals surface area contributed by atoms with Gasteiger partial charge in [0.25, 0.3) is 0 Å². The topological polar surface area (TPSA) is 57.7 Å². The van der Waals surface area contributed by atoms with Crippen LogP contribution >= 0.6 is 0 Å². The van der Waals surface area contributed by atoms with E-state index >= 15 is 0 Å². The van der Waals surface area contributed by atoms with Gasteiger partial charge >= 0.3 is 0 Å². The summed E-state index contributed by atoms with van der Waals surface area (Å²) in [6.07, 6.45) is 1.70. The van der Waals surface area contributed by atoms with Gasteiger partial charge in [-0.1, -0.05) is 36.8 Å². The quantitative estimate of drug-likeness (QED) is 0.823. The molecule has 1 aromatic carbocycles. The van der Waals surface area contributed by atoms with Crippen LogP contribution in [0.25, 0.3) is 0 Å². The van der Waals surface area contributed by atoms with Gasteiger partial charge in [-0.15, -0.1) is 0 Å². The van der Waals surface area contributed by atoms with Crippen molar-refractivity contribution >= 4 is 15.9 Å². The zero-order chi connectivity index (χ0) is 16.9. The lowest BCUT2D eigenvalue weighted by Gasteiger charge is -2.22. The molecule has 23 heavy (non-hydrogen) atoms. The Hall–Kier alpha value is -1.40. The molecule has 6 heteroatoms. The smallest absolute Gasteiger partial charge is 0.227 e. The molecule has 0 atom stereocenters. The molecule has 1 aromatic rings. The second-order valence-corrected chi connectivity index (χ2v) is 8.20. The molecular weight excluding hydrogens is 312 g/mol. The van der Waals surface area contributed by atoms with Crippen molar-refractivity contribution in [2.24, 2.45) is 0 Å². The Morgan fingerprint density at radius 1 is 1.17 bits per heavy atom. The zero-order valence-corrected chi connectivity index (χ0v) is 14.8. The monoisotopic (exact) mass is 338 g/mol. The van der Waals surface area contributed by atoms with E-state index in [-0.39, 0.29) is 11.7 Å². The van der Waals surface area contributed by atoms with Crippen LogP contribution in [0.5, 0.6) is 0 Å². The Balaban J connectivity index is 1.96. The highest BCUT2D eigenvalue weighted by molar-refractivity contribution is 7.89. The Kier molecular flexibility index (Phi) is 6.18. The van der Waals surface area contributed by atoms with E-state index in [9.17, 15) is 13.2 Å². The summed E-state index contributed by atoms with van der Waals surface area (Å²) in [7, 11) is -3.17. The zero-order valence-electron chi connectivity index (χ0n) is 14.0. The van der Waals surface area contributed by atoms with Crippen LogP contribution in [0.15, 0.2) is 24.3 Å². The lowest BCUT2D eigenvalue weighted by atomic mass is 10.1. The van der Waals surface area contributed by atoms with Crippen molar-refractivity contribution in [1.82, 2.24) is 9.21 Å². The summed E-state index contributed by atoms with van der Waals surface area (Å²) in [6, 6.07) is 7.95. The standard InChI is InChI=1S/C17H26N2O3S/c1-3-12-23(21,22)19-9-5-8-18(10-11-19)17(20)14-16-7-4-6-15(2)13-16/h4,6-7,13H,3,5,8-12,14H2,1-2H3. The maximum atomic E-state index is 12.5. The van der Waals surface area contributed by atoms with Gasteiger partial charge in [0.1, 0.15) is 0 Å². The molecule has 1 aliphatic heterocycles. The van der Waals surface area contributed by atoms with Gasteiger partial charge < -0.3 is 4.90 Å². The number of carbonyl (C=O) groups is 1. The molecule has 5 nitrogen and oxygen atoms in total. The van der Waals surface area contributed by atoms with Crippen molar-refractivity contribution in [3.63, 3.8) is 0 Å². The van der Waals surface area contributed by atoms with Gasteiger partial charge in [-0.2, -0.15) is 0 Å². The fourth-order valence-electron chi connectivity index (χ4n) is 2.92. The molecule has 1 fully saturated rings. The van der Waals surface area contributed by atoms with E-state index in [1.54, 1.807) is 4.90 Å². The lowest BCUT2D eigenvalue weighted by Crippen LogP contribution is -2.38. The number of hydrogen-bond acceptors (Lipinski definition) is 3. The number of aryl methyl sites for hydroxylation is 1. The molecule has 0 unspecified atom stereocenters. The summed E-state index contributed by atoms with van der Waals surface area (Å²) in [5.74, 6) is 0.259. The van der Waals surface area contributed by atoms with Gasteiger partial charge in [-0.3, -0.25) is 4.79 Å². The fraction of sp³-hybridized carbons (Fsp3) is 0.588. The molecule has 1 saturated heterocycles. The summed E-state index contributed by atoms with van der Waals surface area (Å²) < 4.78 is 25.9. The van der Waals surface area contributed by atoms with Crippen molar-refractivity contribution in [1.29, 1.82) is 0 Å². The summed E-state index contributed by atoms with van der Waals surface area (Å²) >= 11 is 0. The van der Waals surface area contributed by atoms with Crippen LogP contribution in [0.4, 0.5) is 0 Å². The lowest BCUT2D eigenvalue weighted by molar-refractivity contribution is -0.130. The largest absolute Gasteiger partial charge is 0.341 e. The summed E-state index contributed by atoms with van der Waals surface area (Å²) in [5, 5.41) is 0. The predicted octanol–water partition coefficient (Wildman–Crippen LogP) is 1.81. The third-order valence-electron chi connectivity index (χ3n) is 4.10. The van der Waals surface area contributed by atoms with Crippen LogP contribution in [0.2, 0.25) is 0 Å². The van der Waals surface area contributed by atoms with Crippen molar-refractivity contribution in [3.8, 4) is 0 Å². The number of carbonyl (C=O) groups excluding carboxylic acids is 1. The molecular formula is C17H26N2O3S. The third kappa shape index (κ3) is 5.04. The summed E-state index contributed by atoms with van der Waals surface area (Å²) in [4.78, 5) is 14.3. The van der Waals surface area contributed by atoms with Crippen molar-refractivity contribution in [2.75, 3.05) is 31.9 Å². The van der Waals surface area contributed by atoms with Gasteiger partial charge in [-0.05, 0) is 25.3 Å². The van der Waals surface area contributed by atoms with Crippen LogP contribution in [0, 0.1) is 6.92 Å². The number of rotatable bonds is 5. The molecule has 0 spiro atoms. The van der Waals surface area contributed by atoms with Crippen LogP contribution in [0.3, 0.4) is 0 Å². The van der Waals surface area contributed by atoms with Gasteiger partial charge in [0.2, 0.25) is 15.9 Å². The molecule has 0 bridgehead atoms. The maximum Gasteiger partial charge on any atom is 0.227 e. The first kappa shape index (κ1) is 17.9. The van der Waals surface area contributed by atoms with Gasteiger partial charge in [-0.25, -0.2) is 12.7 Å². The minimum absolute atomic E-state index is 0.0744. The molecule has 0 radical (unpaired) electrons. The molecule has 0 aromatic heterocycles. The van der Waals surface area contributed by atoms with Crippen molar-refractivity contribution in [3.05, 3.63) is 35.4 Å². The molecule has 128 valence electrons. The average Bonchev–Trinajstić information content (AvgIpc) is 2.73. The van der Waals surface area contributed by atoms with Crippen molar-refractivity contribution < 1.29 is 13.2 Å². The van der Waals surface area contributed by atoms with E-state index in [0.717, 1.165) is 11.1 Å². The molecule has 0 aliphatic carbocycles. The highest BCUT2D eigenvalue weighted by Gasteiger charge is 2.26. The van der Waals surface area contributed by atoms with Crippen LogP contribution < -0.4 is 0 Å². The number of benzene rings is 1. The van der Waals surface area contributed by atoms with E-state index < -0.39 is 10.0 Å². The van der Waals surface area contributed by atoms with Crippen LogP contribution in [-0.2, 0) is 21.2 Å². The van der Waals surface area contributed by atoms with E-state index in [0.29, 0.717) is 45.4 Å². The summed E-state index contributed by atoms with van der Waals surface area (Å²) in [5.41, 5.74) is 2.15. The van der Waals surface area contributed by atoms with E-state index in [2.05, 4.69) is 0 Å². The van der Waals surface area contributed by atoms with E-state index in [1.807, 2.05) is 38.1 Å². The van der Waals surface area contributed by atoms with Crippen LogP contribution in [0.1, 0.15) is 30.9 Å². The molecule has 0 saturated carbocycles. The van der Waals surface area contributed by atoms with Crippen molar-refractivity contribution in [2.45, 2.75) is 33.1 Å². The van der Waals surface area contributed by atoms with E-state index in [1.165, 1.54) is 4.31 Å². The number of nitrogens with zero attached hydrogens (tertiary/aromatic N) is 2. The molecule has 2 rings (SSSR count). The molecule has 1 amide bonds. The van der Waals surface area contributed by atoms with Gasteiger partial charge in [0, 0.05) is 26.2 Å². The highest BCUT2D eigenvalue weighted by Crippen LogP contribution is 2.12. The predicted molar refractivity (Wildman–Crippen MR) is 91.7 cm³/mol. The van der Waals surface area contributed by atoms with Gasteiger partial charge in [0.05, 0.1) is 12.2 Å². The maximum absolute atomic E-state index is 12.5. The first-order chi connectivity index (χ1) is 10.9. The SMILES string of the molecule is CCCS(=O)(=O)N1CCCN(C(=O)Cc2cccc(C)c2)CC1. The minimum Gasteiger partial charge on any atom is -0.341 e. The normalized spacial score (nSPS) is 17.0. The molecule has 1 heterocycles. The Labute approximate surface area is 139 Å². The Morgan fingerprint density at radius 3 is 2.65 bits per heavy atom. The fourth-order valence-corrected chi connectivity index (χ4v) is 4.46. The molecule has 0 N–H and O–H groups in total. The Morgan fingerprint density at radius 2 is 1.96 bits per heavy atom.